The Balaban J connectivity index is 2.17. The summed E-state index contributed by atoms with van der Waals surface area (Å²) in [5, 5.41) is 9.13. The number of piperidine rings is 1. The van der Waals surface area contributed by atoms with Crippen LogP contribution >= 0.6 is 0 Å². The van der Waals surface area contributed by atoms with Gasteiger partial charge in [0, 0.05) is 25.7 Å². The molecule has 2 aliphatic heterocycles. The van der Waals surface area contributed by atoms with Crippen molar-refractivity contribution in [3.8, 4) is 0 Å². The quantitative estimate of drug-likeness (QED) is 0.844. The average Bonchev–Trinajstić information content (AvgIpc) is 2.70. The summed E-state index contributed by atoms with van der Waals surface area (Å²) in [7, 11) is -3.54. The molecule has 0 amide bonds. The summed E-state index contributed by atoms with van der Waals surface area (Å²) < 4.78 is 28.3. The fraction of sp³-hybridized carbons (Fsp3) is 0.923. The van der Waals surface area contributed by atoms with Crippen LogP contribution in [0.1, 0.15) is 33.6 Å². The lowest BCUT2D eigenvalue weighted by atomic mass is 9.94. The van der Waals surface area contributed by atoms with Gasteiger partial charge in [-0.15, -0.1) is 0 Å². The Morgan fingerprint density at radius 2 is 1.70 bits per heavy atom. The van der Waals surface area contributed by atoms with Gasteiger partial charge in [-0.2, -0.15) is 17.0 Å². The summed E-state index contributed by atoms with van der Waals surface area (Å²) in [6.07, 6.45) is 1.44. The zero-order valence-corrected chi connectivity index (χ0v) is 13.1. The number of aliphatic carboxylic acids is 1. The second-order valence-corrected chi connectivity index (χ2v) is 8.24. The van der Waals surface area contributed by atoms with Gasteiger partial charge in [-0.1, -0.05) is 13.8 Å². The molecule has 0 bridgehead atoms. The van der Waals surface area contributed by atoms with Gasteiger partial charge in [0.25, 0.3) is 10.2 Å². The molecule has 4 atom stereocenters. The second-order valence-electron chi connectivity index (χ2n) is 6.36. The van der Waals surface area contributed by atoms with Gasteiger partial charge in [0.15, 0.2) is 0 Å². The van der Waals surface area contributed by atoms with Crippen LogP contribution in [0.15, 0.2) is 0 Å². The van der Waals surface area contributed by atoms with Crippen LogP contribution in [0.5, 0.6) is 0 Å². The standard InChI is InChI=1S/C13H24N2O4S/c1-9-6-10(2)8-14(7-9)20(18,19)15-5-4-12(11(15)3)13(16)17/h9-12H,4-8H2,1-3H3,(H,16,17). The van der Waals surface area contributed by atoms with Crippen molar-refractivity contribution in [1.82, 2.24) is 8.61 Å². The van der Waals surface area contributed by atoms with Crippen molar-refractivity contribution in [3.63, 3.8) is 0 Å². The molecule has 0 aromatic carbocycles. The van der Waals surface area contributed by atoms with Crippen molar-refractivity contribution in [1.29, 1.82) is 0 Å². The van der Waals surface area contributed by atoms with E-state index in [1.54, 1.807) is 6.92 Å². The number of rotatable bonds is 3. The summed E-state index contributed by atoms with van der Waals surface area (Å²) in [5.41, 5.74) is 0. The third-order valence-electron chi connectivity index (χ3n) is 4.47. The Hall–Kier alpha value is -0.660. The molecule has 116 valence electrons. The van der Waals surface area contributed by atoms with E-state index in [1.807, 2.05) is 0 Å². The van der Waals surface area contributed by atoms with Crippen LogP contribution in [0.25, 0.3) is 0 Å². The largest absolute Gasteiger partial charge is 0.481 e. The summed E-state index contributed by atoms with van der Waals surface area (Å²) in [5.74, 6) is -0.802. The lowest BCUT2D eigenvalue weighted by Crippen LogP contribution is -2.51. The van der Waals surface area contributed by atoms with Crippen LogP contribution in [-0.2, 0) is 15.0 Å². The summed E-state index contributed by atoms with van der Waals surface area (Å²) in [6, 6.07) is -0.468. The van der Waals surface area contributed by atoms with Crippen LogP contribution < -0.4 is 0 Å². The first-order valence-corrected chi connectivity index (χ1v) is 8.63. The van der Waals surface area contributed by atoms with Crippen molar-refractivity contribution in [2.24, 2.45) is 17.8 Å². The topological polar surface area (TPSA) is 77.9 Å². The lowest BCUT2D eigenvalue weighted by molar-refractivity contribution is -0.142. The van der Waals surface area contributed by atoms with E-state index >= 15 is 0 Å². The SMILES string of the molecule is CC1CC(C)CN(S(=O)(=O)N2CCC(C(=O)O)C2C)C1. The smallest absolute Gasteiger partial charge is 0.308 e. The highest BCUT2D eigenvalue weighted by Gasteiger charge is 2.44. The normalized spacial score (nSPS) is 37.1. The highest BCUT2D eigenvalue weighted by atomic mass is 32.2. The minimum atomic E-state index is -3.54. The molecular formula is C13H24N2O4S. The van der Waals surface area contributed by atoms with E-state index < -0.39 is 28.1 Å². The minimum absolute atomic E-state index is 0.305. The number of carboxylic acid groups (broad SMARTS) is 1. The molecule has 4 unspecified atom stereocenters. The van der Waals surface area contributed by atoms with Gasteiger partial charge in [0.05, 0.1) is 5.92 Å². The molecule has 2 saturated heterocycles. The Morgan fingerprint density at radius 3 is 2.15 bits per heavy atom. The van der Waals surface area contributed by atoms with E-state index in [-0.39, 0.29) is 0 Å². The molecule has 0 aliphatic carbocycles. The highest BCUT2D eigenvalue weighted by Crippen LogP contribution is 2.31. The van der Waals surface area contributed by atoms with Crippen molar-refractivity contribution in [2.45, 2.75) is 39.7 Å². The van der Waals surface area contributed by atoms with Gasteiger partial charge in [-0.05, 0) is 31.6 Å². The first-order valence-electron chi connectivity index (χ1n) is 7.23. The molecule has 2 heterocycles. The van der Waals surface area contributed by atoms with Crippen LogP contribution in [0, 0.1) is 17.8 Å². The molecule has 2 rings (SSSR count). The van der Waals surface area contributed by atoms with Crippen LogP contribution in [0.4, 0.5) is 0 Å². The van der Waals surface area contributed by atoms with Gasteiger partial charge in [-0.3, -0.25) is 4.79 Å². The first-order chi connectivity index (χ1) is 9.23. The van der Waals surface area contributed by atoms with E-state index in [0.29, 0.717) is 37.9 Å². The Morgan fingerprint density at radius 1 is 1.15 bits per heavy atom. The highest BCUT2D eigenvalue weighted by molar-refractivity contribution is 7.86. The van der Waals surface area contributed by atoms with Gasteiger partial charge < -0.3 is 5.11 Å². The van der Waals surface area contributed by atoms with Crippen molar-refractivity contribution < 1.29 is 18.3 Å². The zero-order valence-electron chi connectivity index (χ0n) is 12.3. The number of nitrogens with zero attached hydrogens (tertiary/aromatic N) is 2. The van der Waals surface area contributed by atoms with Crippen LogP contribution in [0.2, 0.25) is 0 Å². The fourth-order valence-corrected chi connectivity index (χ4v) is 5.60. The maximum atomic E-state index is 12.7. The molecule has 0 spiro atoms. The molecule has 6 nitrogen and oxygen atoms in total. The molecule has 1 N–H and O–H groups in total. The predicted octanol–water partition coefficient (Wildman–Crippen LogP) is 1.00. The van der Waals surface area contributed by atoms with Crippen molar-refractivity contribution >= 4 is 16.2 Å². The molecule has 2 fully saturated rings. The molecule has 7 heteroatoms. The third-order valence-corrected chi connectivity index (χ3v) is 6.53. The van der Waals surface area contributed by atoms with Gasteiger partial charge in [-0.25, -0.2) is 0 Å². The van der Waals surface area contributed by atoms with E-state index in [9.17, 15) is 13.2 Å². The molecule has 2 aliphatic rings. The first kappa shape index (κ1) is 15.7. The predicted molar refractivity (Wildman–Crippen MR) is 75.3 cm³/mol. The monoisotopic (exact) mass is 304 g/mol. The average molecular weight is 304 g/mol. The Kier molecular flexibility index (Phi) is 4.41. The minimum Gasteiger partial charge on any atom is -0.481 e. The molecule has 20 heavy (non-hydrogen) atoms. The Bertz CT molecular complexity index is 469. The zero-order chi connectivity index (χ0) is 15.1. The van der Waals surface area contributed by atoms with Gasteiger partial charge >= 0.3 is 5.97 Å². The maximum absolute atomic E-state index is 12.7. The molecule has 0 aromatic rings. The van der Waals surface area contributed by atoms with E-state index in [4.69, 9.17) is 5.11 Å². The fourth-order valence-electron chi connectivity index (χ4n) is 3.51. The molecular weight excluding hydrogens is 280 g/mol. The van der Waals surface area contributed by atoms with Gasteiger partial charge in [0.1, 0.15) is 0 Å². The lowest BCUT2D eigenvalue weighted by Gasteiger charge is -2.37. The molecule has 0 saturated carbocycles. The summed E-state index contributed by atoms with van der Waals surface area (Å²) in [6.45, 7) is 7.19. The van der Waals surface area contributed by atoms with Crippen LogP contribution in [0.3, 0.4) is 0 Å². The number of hydrogen-bond donors (Lipinski definition) is 1. The van der Waals surface area contributed by atoms with E-state index in [2.05, 4.69) is 13.8 Å². The third kappa shape index (κ3) is 2.84. The summed E-state index contributed by atoms with van der Waals surface area (Å²) >= 11 is 0. The molecule has 0 aromatic heterocycles. The van der Waals surface area contributed by atoms with Crippen molar-refractivity contribution in [3.05, 3.63) is 0 Å². The Labute approximate surface area is 120 Å². The maximum Gasteiger partial charge on any atom is 0.308 e. The van der Waals surface area contributed by atoms with Gasteiger partial charge in [0.2, 0.25) is 0 Å². The number of carbonyl (C=O) groups is 1. The molecule has 0 radical (unpaired) electrons. The van der Waals surface area contributed by atoms with Crippen LogP contribution in [-0.4, -0.2) is 53.8 Å². The number of hydrogen-bond acceptors (Lipinski definition) is 3. The van der Waals surface area contributed by atoms with E-state index in [1.165, 1.54) is 8.61 Å². The van der Waals surface area contributed by atoms with E-state index in [0.717, 1.165) is 6.42 Å². The second kappa shape index (κ2) is 5.61. The van der Waals surface area contributed by atoms with Crippen molar-refractivity contribution in [2.75, 3.05) is 19.6 Å². The number of carboxylic acids is 1. The summed E-state index contributed by atoms with van der Waals surface area (Å²) in [4.78, 5) is 11.1.